The van der Waals surface area contributed by atoms with Crippen molar-refractivity contribution in [3.8, 4) is 6.07 Å². The summed E-state index contributed by atoms with van der Waals surface area (Å²) in [7, 11) is 0. The SMILES string of the molecule is N#Cc1cc(N)ccc1Br. The largest absolute Gasteiger partial charge is 0.399 e. The Labute approximate surface area is 67.4 Å². The van der Waals surface area contributed by atoms with Crippen LogP contribution in [0.2, 0.25) is 0 Å². The maximum absolute atomic E-state index is 8.51. The first-order valence-electron chi connectivity index (χ1n) is 2.69. The maximum Gasteiger partial charge on any atom is 0.100 e. The van der Waals surface area contributed by atoms with Crippen molar-refractivity contribution < 1.29 is 0 Å². The van der Waals surface area contributed by atoms with Crippen LogP contribution < -0.4 is 5.73 Å². The highest BCUT2D eigenvalue weighted by Gasteiger charge is 1.96. The van der Waals surface area contributed by atoms with E-state index in [0.717, 1.165) is 4.47 Å². The molecule has 2 N–H and O–H groups in total. The number of hydrogen-bond acceptors (Lipinski definition) is 2. The molecule has 0 spiro atoms. The summed E-state index contributed by atoms with van der Waals surface area (Å²) in [5.41, 5.74) is 6.61. The van der Waals surface area contributed by atoms with Gasteiger partial charge in [-0.3, -0.25) is 0 Å². The molecular formula is C7H5BrN2. The van der Waals surface area contributed by atoms with Crippen LogP contribution in [0.25, 0.3) is 0 Å². The summed E-state index contributed by atoms with van der Waals surface area (Å²) in [5, 5.41) is 8.51. The monoisotopic (exact) mass is 196 g/mol. The first kappa shape index (κ1) is 7.10. The second kappa shape index (κ2) is 2.72. The highest BCUT2D eigenvalue weighted by Crippen LogP contribution is 2.17. The van der Waals surface area contributed by atoms with Gasteiger partial charge in [-0.15, -0.1) is 0 Å². The Morgan fingerprint density at radius 1 is 1.50 bits per heavy atom. The van der Waals surface area contributed by atoms with Crippen LogP contribution in [0.5, 0.6) is 0 Å². The Morgan fingerprint density at radius 3 is 2.70 bits per heavy atom. The van der Waals surface area contributed by atoms with Crippen molar-refractivity contribution in [3.05, 3.63) is 28.2 Å². The van der Waals surface area contributed by atoms with Crippen LogP contribution in [-0.2, 0) is 0 Å². The van der Waals surface area contributed by atoms with E-state index >= 15 is 0 Å². The number of halogens is 1. The van der Waals surface area contributed by atoms with Crippen LogP contribution in [0.1, 0.15) is 5.56 Å². The number of anilines is 1. The fourth-order valence-electron chi connectivity index (χ4n) is 0.629. The molecule has 0 saturated heterocycles. The van der Waals surface area contributed by atoms with Gasteiger partial charge < -0.3 is 5.73 Å². The van der Waals surface area contributed by atoms with Crippen molar-refractivity contribution in [2.45, 2.75) is 0 Å². The number of nitriles is 1. The summed E-state index contributed by atoms with van der Waals surface area (Å²) < 4.78 is 0.782. The summed E-state index contributed by atoms with van der Waals surface area (Å²) in [4.78, 5) is 0. The molecule has 0 heterocycles. The van der Waals surface area contributed by atoms with E-state index in [0.29, 0.717) is 11.3 Å². The lowest BCUT2D eigenvalue weighted by Crippen LogP contribution is -1.85. The Morgan fingerprint density at radius 2 is 2.20 bits per heavy atom. The van der Waals surface area contributed by atoms with Gasteiger partial charge in [0.05, 0.1) is 5.56 Å². The Balaban J connectivity index is 3.25. The van der Waals surface area contributed by atoms with Gasteiger partial charge in [0.25, 0.3) is 0 Å². The summed E-state index contributed by atoms with van der Waals surface area (Å²) >= 11 is 3.21. The third kappa shape index (κ3) is 1.28. The Kier molecular flexibility index (Phi) is 1.93. The van der Waals surface area contributed by atoms with E-state index in [2.05, 4.69) is 15.9 Å². The van der Waals surface area contributed by atoms with E-state index in [9.17, 15) is 0 Å². The molecule has 10 heavy (non-hydrogen) atoms. The highest BCUT2D eigenvalue weighted by atomic mass is 79.9. The molecule has 0 atom stereocenters. The minimum absolute atomic E-state index is 0.569. The van der Waals surface area contributed by atoms with Crippen LogP contribution in [0, 0.1) is 11.3 Å². The van der Waals surface area contributed by atoms with Crippen molar-refractivity contribution in [2.75, 3.05) is 5.73 Å². The summed E-state index contributed by atoms with van der Waals surface area (Å²) in [6.07, 6.45) is 0. The average Bonchev–Trinajstić information content (AvgIpc) is 1.94. The third-order valence-corrected chi connectivity index (χ3v) is 1.80. The second-order valence-corrected chi connectivity index (χ2v) is 2.71. The van der Waals surface area contributed by atoms with Gasteiger partial charge in [0, 0.05) is 10.2 Å². The van der Waals surface area contributed by atoms with Gasteiger partial charge in [0.1, 0.15) is 6.07 Å². The maximum atomic E-state index is 8.51. The van der Waals surface area contributed by atoms with E-state index in [1.54, 1.807) is 18.2 Å². The molecule has 3 heteroatoms. The fraction of sp³-hybridized carbons (Fsp3) is 0. The van der Waals surface area contributed by atoms with Gasteiger partial charge in [-0.1, -0.05) is 0 Å². The standard InChI is InChI=1S/C7H5BrN2/c8-7-2-1-6(10)3-5(7)4-9/h1-3H,10H2. The number of nitrogens with two attached hydrogens (primary N) is 1. The summed E-state index contributed by atoms with van der Waals surface area (Å²) in [6, 6.07) is 7.14. The first-order chi connectivity index (χ1) is 4.74. The molecule has 1 rings (SSSR count). The molecule has 0 aromatic heterocycles. The number of nitrogens with zero attached hydrogens (tertiary/aromatic N) is 1. The first-order valence-corrected chi connectivity index (χ1v) is 3.48. The van der Waals surface area contributed by atoms with Crippen LogP contribution >= 0.6 is 15.9 Å². The van der Waals surface area contributed by atoms with Crippen molar-refractivity contribution >= 4 is 21.6 Å². The van der Waals surface area contributed by atoms with Crippen LogP contribution in [0.15, 0.2) is 22.7 Å². The average molecular weight is 197 g/mol. The van der Waals surface area contributed by atoms with E-state index in [1.165, 1.54) is 0 Å². The van der Waals surface area contributed by atoms with E-state index in [4.69, 9.17) is 11.0 Å². The number of hydrogen-bond donors (Lipinski definition) is 1. The quantitative estimate of drug-likeness (QED) is 0.645. The van der Waals surface area contributed by atoms with Crippen LogP contribution in [0.3, 0.4) is 0 Å². The third-order valence-electron chi connectivity index (χ3n) is 1.11. The normalized spacial score (nSPS) is 8.80. The van der Waals surface area contributed by atoms with E-state index < -0.39 is 0 Å². The van der Waals surface area contributed by atoms with Crippen molar-refractivity contribution in [1.29, 1.82) is 5.26 Å². The fourth-order valence-corrected chi connectivity index (χ4v) is 0.964. The number of nitrogen functional groups attached to an aromatic ring is 1. The number of rotatable bonds is 0. The van der Waals surface area contributed by atoms with Crippen molar-refractivity contribution in [3.63, 3.8) is 0 Å². The predicted molar refractivity (Wildman–Crippen MR) is 43.3 cm³/mol. The minimum atomic E-state index is 0.569. The topological polar surface area (TPSA) is 49.8 Å². The lowest BCUT2D eigenvalue weighted by atomic mass is 10.2. The zero-order valence-corrected chi connectivity index (χ0v) is 6.72. The molecule has 0 radical (unpaired) electrons. The number of benzene rings is 1. The van der Waals surface area contributed by atoms with Crippen molar-refractivity contribution in [2.24, 2.45) is 0 Å². The molecule has 0 aliphatic carbocycles. The molecule has 1 aromatic rings. The Hall–Kier alpha value is -1.01. The molecule has 0 aliphatic heterocycles. The molecule has 0 saturated carbocycles. The van der Waals surface area contributed by atoms with Crippen LogP contribution in [0.4, 0.5) is 5.69 Å². The van der Waals surface area contributed by atoms with Gasteiger partial charge in [-0.05, 0) is 34.1 Å². The smallest absolute Gasteiger partial charge is 0.100 e. The van der Waals surface area contributed by atoms with Crippen molar-refractivity contribution in [1.82, 2.24) is 0 Å². The Bertz CT molecular complexity index is 288. The van der Waals surface area contributed by atoms with Gasteiger partial charge in [-0.2, -0.15) is 5.26 Å². The lowest BCUT2D eigenvalue weighted by molar-refractivity contribution is 1.47. The van der Waals surface area contributed by atoms with Gasteiger partial charge in [0.2, 0.25) is 0 Å². The molecule has 1 aromatic carbocycles. The van der Waals surface area contributed by atoms with E-state index in [-0.39, 0.29) is 0 Å². The summed E-state index contributed by atoms with van der Waals surface area (Å²) in [5.74, 6) is 0. The van der Waals surface area contributed by atoms with Crippen LogP contribution in [-0.4, -0.2) is 0 Å². The molecular weight excluding hydrogens is 192 g/mol. The molecule has 2 nitrogen and oxygen atoms in total. The van der Waals surface area contributed by atoms with E-state index in [1.807, 2.05) is 6.07 Å². The summed E-state index contributed by atoms with van der Waals surface area (Å²) in [6.45, 7) is 0. The zero-order valence-electron chi connectivity index (χ0n) is 5.13. The van der Waals surface area contributed by atoms with Gasteiger partial charge in [-0.25, -0.2) is 0 Å². The molecule has 0 aliphatic rings. The van der Waals surface area contributed by atoms with Gasteiger partial charge in [0.15, 0.2) is 0 Å². The predicted octanol–water partition coefficient (Wildman–Crippen LogP) is 1.90. The van der Waals surface area contributed by atoms with Gasteiger partial charge >= 0.3 is 0 Å². The molecule has 0 amide bonds. The zero-order chi connectivity index (χ0) is 7.56. The molecule has 0 unspecified atom stereocenters. The molecule has 50 valence electrons. The second-order valence-electron chi connectivity index (χ2n) is 1.85. The lowest BCUT2D eigenvalue weighted by Gasteiger charge is -1.94. The minimum Gasteiger partial charge on any atom is -0.399 e. The highest BCUT2D eigenvalue weighted by molar-refractivity contribution is 9.10. The molecule has 0 fully saturated rings. The molecule has 0 bridgehead atoms.